The number of halogens is 1. The second-order valence-electron chi connectivity index (χ2n) is 5.21. The maximum absolute atomic E-state index is 12.0. The normalized spacial score (nSPS) is 13.0. The maximum Gasteiger partial charge on any atom is 0.239 e. The quantitative estimate of drug-likeness (QED) is 0.775. The fraction of sp³-hybridized carbons (Fsp3) is 0.562. The van der Waals surface area contributed by atoms with E-state index in [9.17, 15) is 4.79 Å². The van der Waals surface area contributed by atoms with Crippen LogP contribution in [0.2, 0.25) is 0 Å². The van der Waals surface area contributed by atoms with E-state index in [1.807, 2.05) is 38.1 Å². The van der Waals surface area contributed by atoms with Crippen LogP contribution in [0, 0.1) is 0 Å². The number of ether oxygens (including phenoxy) is 1. The zero-order valence-electron chi connectivity index (χ0n) is 13.1. The first kappa shape index (κ1) is 19.7. The molecule has 0 radical (unpaired) electrons. The first-order valence-corrected chi connectivity index (χ1v) is 7.29. The van der Waals surface area contributed by atoms with E-state index in [1.54, 1.807) is 6.92 Å². The SMILES string of the molecule is CCCC(C)(N)C(=O)NCCc1ccccc1OCC.Cl. The first-order chi connectivity index (χ1) is 9.51. The van der Waals surface area contributed by atoms with Crippen LogP contribution in [0.3, 0.4) is 0 Å². The second kappa shape index (κ2) is 9.64. The minimum Gasteiger partial charge on any atom is -0.494 e. The molecular formula is C16H27ClN2O2. The third kappa shape index (κ3) is 6.36. The highest BCUT2D eigenvalue weighted by Gasteiger charge is 2.26. The molecule has 21 heavy (non-hydrogen) atoms. The number of nitrogens with two attached hydrogens (primary N) is 1. The van der Waals surface area contributed by atoms with Gasteiger partial charge in [0.1, 0.15) is 5.75 Å². The van der Waals surface area contributed by atoms with Crippen LogP contribution in [0.4, 0.5) is 0 Å². The summed E-state index contributed by atoms with van der Waals surface area (Å²) in [4.78, 5) is 12.0. The Bertz CT molecular complexity index is 436. The van der Waals surface area contributed by atoms with Crippen molar-refractivity contribution in [2.45, 2.75) is 45.6 Å². The van der Waals surface area contributed by atoms with Gasteiger partial charge in [0.05, 0.1) is 12.1 Å². The van der Waals surface area contributed by atoms with Crippen LogP contribution in [0.1, 0.15) is 39.2 Å². The number of rotatable bonds is 8. The fourth-order valence-corrected chi connectivity index (χ4v) is 2.15. The number of nitrogens with one attached hydrogen (secondary N) is 1. The highest BCUT2D eigenvalue weighted by Crippen LogP contribution is 2.18. The Labute approximate surface area is 133 Å². The number of para-hydroxylation sites is 1. The van der Waals surface area contributed by atoms with Crippen LogP contribution in [0.25, 0.3) is 0 Å². The maximum atomic E-state index is 12.0. The number of benzene rings is 1. The second-order valence-corrected chi connectivity index (χ2v) is 5.21. The molecule has 1 rings (SSSR count). The van der Waals surface area contributed by atoms with Crippen LogP contribution >= 0.6 is 12.4 Å². The van der Waals surface area contributed by atoms with Crippen molar-refractivity contribution in [1.82, 2.24) is 5.32 Å². The summed E-state index contributed by atoms with van der Waals surface area (Å²) >= 11 is 0. The first-order valence-electron chi connectivity index (χ1n) is 7.29. The van der Waals surface area contributed by atoms with Crippen molar-refractivity contribution in [2.24, 2.45) is 5.73 Å². The van der Waals surface area contributed by atoms with E-state index in [2.05, 4.69) is 5.32 Å². The zero-order valence-corrected chi connectivity index (χ0v) is 14.0. The molecule has 0 saturated carbocycles. The van der Waals surface area contributed by atoms with Crippen LogP contribution < -0.4 is 15.8 Å². The summed E-state index contributed by atoms with van der Waals surface area (Å²) in [7, 11) is 0. The van der Waals surface area contributed by atoms with Gasteiger partial charge in [-0.25, -0.2) is 0 Å². The fourth-order valence-electron chi connectivity index (χ4n) is 2.15. The molecule has 0 fully saturated rings. The Morgan fingerprint density at radius 1 is 1.33 bits per heavy atom. The highest BCUT2D eigenvalue weighted by atomic mass is 35.5. The highest BCUT2D eigenvalue weighted by molar-refractivity contribution is 5.85. The molecule has 120 valence electrons. The molecule has 1 amide bonds. The molecule has 0 aliphatic heterocycles. The van der Waals surface area contributed by atoms with Gasteiger partial charge < -0.3 is 15.8 Å². The van der Waals surface area contributed by atoms with Crippen molar-refractivity contribution in [3.63, 3.8) is 0 Å². The van der Waals surface area contributed by atoms with E-state index < -0.39 is 5.54 Å². The minimum atomic E-state index is -0.784. The summed E-state index contributed by atoms with van der Waals surface area (Å²) in [6.45, 7) is 6.97. The lowest BCUT2D eigenvalue weighted by atomic mass is 9.96. The third-order valence-corrected chi connectivity index (χ3v) is 3.24. The Balaban J connectivity index is 0.00000400. The molecule has 0 aliphatic carbocycles. The number of hydrogen-bond donors (Lipinski definition) is 2. The number of carbonyl (C=O) groups excluding carboxylic acids is 1. The predicted octanol–water partition coefficient (Wildman–Crippen LogP) is 2.68. The van der Waals surface area contributed by atoms with Crippen LogP contribution in [-0.2, 0) is 11.2 Å². The summed E-state index contributed by atoms with van der Waals surface area (Å²) in [5.74, 6) is 0.793. The number of hydrogen-bond acceptors (Lipinski definition) is 3. The Morgan fingerprint density at radius 3 is 2.62 bits per heavy atom. The van der Waals surface area contributed by atoms with E-state index in [-0.39, 0.29) is 18.3 Å². The lowest BCUT2D eigenvalue weighted by molar-refractivity contribution is -0.126. The molecular weight excluding hydrogens is 288 g/mol. The lowest BCUT2D eigenvalue weighted by Crippen LogP contribution is -2.51. The van der Waals surface area contributed by atoms with Crippen LogP contribution in [-0.4, -0.2) is 24.6 Å². The molecule has 4 nitrogen and oxygen atoms in total. The summed E-state index contributed by atoms with van der Waals surface area (Å²) < 4.78 is 5.56. The molecule has 1 atom stereocenters. The molecule has 0 aliphatic rings. The Morgan fingerprint density at radius 2 is 2.00 bits per heavy atom. The van der Waals surface area contributed by atoms with Gasteiger partial charge in [-0.1, -0.05) is 31.5 Å². The van der Waals surface area contributed by atoms with Gasteiger partial charge in [-0.05, 0) is 38.3 Å². The molecule has 1 aromatic carbocycles. The van der Waals surface area contributed by atoms with Gasteiger partial charge in [0.2, 0.25) is 5.91 Å². The van der Waals surface area contributed by atoms with Gasteiger partial charge in [-0.3, -0.25) is 4.79 Å². The van der Waals surface area contributed by atoms with Gasteiger partial charge >= 0.3 is 0 Å². The van der Waals surface area contributed by atoms with E-state index in [1.165, 1.54) is 0 Å². The van der Waals surface area contributed by atoms with Gasteiger partial charge in [0, 0.05) is 6.54 Å². The molecule has 1 unspecified atom stereocenters. The van der Waals surface area contributed by atoms with Crippen molar-refractivity contribution in [2.75, 3.05) is 13.2 Å². The van der Waals surface area contributed by atoms with Gasteiger partial charge in [-0.15, -0.1) is 12.4 Å². The molecule has 5 heteroatoms. The molecule has 0 spiro atoms. The van der Waals surface area contributed by atoms with Crippen LogP contribution in [0.5, 0.6) is 5.75 Å². The van der Waals surface area contributed by atoms with Crippen molar-refractivity contribution in [1.29, 1.82) is 0 Å². The van der Waals surface area contributed by atoms with E-state index in [0.29, 0.717) is 19.6 Å². The lowest BCUT2D eigenvalue weighted by Gasteiger charge is -2.23. The van der Waals surface area contributed by atoms with E-state index in [4.69, 9.17) is 10.5 Å². The largest absolute Gasteiger partial charge is 0.494 e. The van der Waals surface area contributed by atoms with Crippen molar-refractivity contribution >= 4 is 18.3 Å². The molecule has 0 aromatic heterocycles. The monoisotopic (exact) mass is 314 g/mol. The van der Waals surface area contributed by atoms with Gasteiger partial charge in [-0.2, -0.15) is 0 Å². The predicted molar refractivity (Wildman–Crippen MR) is 89.1 cm³/mol. The average molecular weight is 315 g/mol. The summed E-state index contributed by atoms with van der Waals surface area (Å²) in [6.07, 6.45) is 2.33. The van der Waals surface area contributed by atoms with E-state index in [0.717, 1.165) is 24.2 Å². The van der Waals surface area contributed by atoms with E-state index >= 15 is 0 Å². The molecule has 0 heterocycles. The number of carbonyl (C=O) groups is 1. The topological polar surface area (TPSA) is 64.4 Å². The van der Waals surface area contributed by atoms with Crippen molar-refractivity contribution in [3.8, 4) is 5.75 Å². The Hall–Kier alpha value is -1.26. The minimum absolute atomic E-state index is 0. The van der Waals surface area contributed by atoms with Gasteiger partial charge in [0.25, 0.3) is 0 Å². The Kier molecular flexibility index (Phi) is 9.06. The average Bonchev–Trinajstić information content (AvgIpc) is 2.40. The molecule has 0 saturated heterocycles. The standard InChI is InChI=1S/C16H26N2O2.ClH/c1-4-11-16(3,17)15(19)18-12-10-13-8-6-7-9-14(13)20-5-2;/h6-9H,4-5,10-12,17H2,1-3H3,(H,18,19);1H. The van der Waals surface area contributed by atoms with Gasteiger partial charge in [0.15, 0.2) is 0 Å². The molecule has 1 aromatic rings. The summed E-state index contributed by atoms with van der Waals surface area (Å²) in [5, 5.41) is 2.91. The molecule has 3 N–H and O–H groups in total. The van der Waals surface area contributed by atoms with Crippen molar-refractivity contribution in [3.05, 3.63) is 29.8 Å². The zero-order chi connectivity index (χ0) is 15.0. The number of amides is 1. The molecule has 0 bridgehead atoms. The van der Waals surface area contributed by atoms with Crippen molar-refractivity contribution < 1.29 is 9.53 Å². The smallest absolute Gasteiger partial charge is 0.239 e. The third-order valence-electron chi connectivity index (χ3n) is 3.24. The summed E-state index contributed by atoms with van der Waals surface area (Å²) in [6, 6.07) is 7.89. The van der Waals surface area contributed by atoms with Crippen LogP contribution in [0.15, 0.2) is 24.3 Å². The summed E-state index contributed by atoms with van der Waals surface area (Å²) in [5.41, 5.74) is 6.31.